The summed E-state index contributed by atoms with van der Waals surface area (Å²) < 4.78 is 26.0. The van der Waals surface area contributed by atoms with Crippen LogP contribution in [-0.2, 0) is 26.5 Å². The Morgan fingerprint density at radius 3 is 2.24 bits per heavy atom. The Bertz CT molecular complexity index is 2420. The molecular formula is C44H38IrN2OS-2. The molecule has 0 atom stereocenters. The zero-order valence-electron chi connectivity index (χ0n) is 30.4. The third-order valence-corrected chi connectivity index (χ3v) is 9.30. The van der Waals surface area contributed by atoms with Crippen LogP contribution in [0.1, 0.15) is 45.1 Å². The Kier molecular flexibility index (Phi) is 9.23. The van der Waals surface area contributed by atoms with Gasteiger partial charge in [0.2, 0.25) is 0 Å². The van der Waals surface area contributed by atoms with Gasteiger partial charge < -0.3 is 14.4 Å². The molecule has 0 unspecified atom stereocenters. The quantitative estimate of drug-likeness (QED) is 0.166. The van der Waals surface area contributed by atoms with Crippen LogP contribution >= 0.6 is 11.3 Å². The number of aryl methyl sites for hydroxylation is 3. The maximum atomic E-state index is 9.11. The molecule has 247 valence electrons. The minimum Gasteiger partial charge on any atom is -0.500 e. The molecule has 1 radical (unpaired) electrons. The molecule has 4 aromatic carbocycles. The first kappa shape index (κ1) is 31.8. The van der Waals surface area contributed by atoms with E-state index in [1.807, 2.05) is 81.4 Å². The molecule has 0 saturated carbocycles. The molecule has 3 nitrogen and oxygen atoms in total. The molecule has 0 spiro atoms. The van der Waals surface area contributed by atoms with E-state index in [1.165, 1.54) is 9.58 Å². The Hall–Kier alpha value is -4.41. The van der Waals surface area contributed by atoms with Gasteiger partial charge in [0.15, 0.2) is 0 Å². The molecule has 0 aliphatic carbocycles. The average molecular weight is 837 g/mol. The van der Waals surface area contributed by atoms with Gasteiger partial charge in [-0.15, -0.1) is 65.4 Å². The molecular weight excluding hydrogens is 797 g/mol. The van der Waals surface area contributed by atoms with Crippen LogP contribution in [0.15, 0.2) is 114 Å². The Morgan fingerprint density at radius 2 is 1.53 bits per heavy atom. The number of benzene rings is 4. The number of fused-ring (bicyclic) bond motifs is 5. The van der Waals surface area contributed by atoms with Crippen LogP contribution in [0.4, 0.5) is 0 Å². The molecule has 0 bridgehead atoms. The average Bonchev–Trinajstić information content (AvgIpc) is 3.68. The van der Waals surface area contributed by atoms with Gasteiger partial charge in [0.25, 0.3) is 0 Å². The molecule has 0 N–H and O–H groups in total. The number of pyridine rings is 2. The van der Waals surface area contributed by atoms with E-state index in [0.717, 1.165) is 72.1 Å². The summed E-state index contributed by atoms with van der Waals surface area (Å²) in [6.07, 6.45) is 1.91. The fourth-order valence-electron chi connectivity index (χ4n) is 6.25. The van der Waals surface area contributed by atoms with E-state index in [2.05, 4.69) is 74.3 Å². The SMILES string of the molecule is [2H]C([2H])(c1cnc(-c2[c-]ccc3c2oc2c4cc(C)sc4ccc32)cc1-c1c(C)cccc1C)C(C)(C)C.[Ir].[c-]1ccccc1-c1ccccn1. The van der Waals surface area contributed by atoms with Gasteiger partial charge in [0.05, 0.1) is 5.58 Å². The van der Waals surface area contributed by atoms with Crippen molar-refractivity contribution in [1.82, 2.24) is 9.97 Å². The number of hydrogen-bond donors (Lipinski definition) is 0. The number of furan rings is 1. The van der Waals surface area contributed by atoms with Crippen LogP contribution in [0, 0.1) is 38.3 Å². The van der Waals surface area contributed by atoms with E-state index in [9.17, 15) is 0 Å². The second kappa shape index (κ2) is 14.2. The molecule has 5 heteroatoms. The van der Waals surface area contributed by atoms with Crippen molar-refractivity contribution in [3.63, 3.8) is 0 Å². The molecule has 0 amide bonds. The molecule has 4 aromatic heterocycles. The van der Waals surface area contributed by atoms with Crippen LogP contribution in [0.5, 0.6) is 0 Å². The molecule has 0 aliphatic rings. The molecule has 0 aliphatic heterocycles. The van der Waals surface area contributed by atoms with E-state index in [1.54, 1.807) is 23.7 Å². The first-order chi connectivity index (χ1) is 23.9. The van der Waals surface area contributed by atoms with Crippen LogP contribution in [0.2, 0.25) is 0 Å². The maximum Gasteiger partial charge on any atom is 0.129 e. The maximum absolute atomic E-state index is 9.11. The zero-order valence-corrected chi connectivity index (χ0v) is 31.6. The van der Waals surface area contributed by atoms with E-state index in [4.69, 9.17) is 12.1 Å². The van der Waals surface area contributed by atoms with Gasteiger partial charge in [-0.2, -0.15) is 0 Å². The van der Waals surface area contributed by atoms with Crippen molar-refractivity contribution in [2.75, 3.05) is 0 Å². The summed E-state index contributed by atoms with van der Waals surface area (Å²) in [7, 11) is 0. The summed E-state index contributed by atoms with van der Waals surface area (Å²) >= 11 is 1.77. The van der Waals surface area contributed by atoms with Crippen molar-refractivity contribution in [1.29, 1.82) is 0 Å². The fourth-order valence-corrected chi connectivity index (χ4v) is 7.17. The van der Waals surface area contributed by atoms with Crippen molar-refractivity contribution in [2.45, 2.75) is 47.9 Å². The second-order valence-corrected chi connectivity index (χ2v) is 14.4. The van der Waals surface area contributed by atoms with Crippen molar-refractivity contribution < 1.29 is 27.3 Å². The van der Waals surface area contributed by atoms with E-state index in [0.29, 0.717) is 5.56 Å². The standard InChI is InChI=1S/C33H30NOS.C11H8N.Ir/c1-19-9-7-10-20(2)30(19)26-16-28(34-18-22(26)17-33(4,5)6)25-12-8-11-23-24-13-14-29-27(15-21(3)36-29)32(24)35-31(23)25;1-2-6-10(7-3-1)11-8-4-5-9-12-11;/h7-11,13-16,18H,17H2,1-6H3;1-6,8-9H;/q2*-1;/i17D2;;. The molecule has 8 aromatic rings. The number of thiophene rings is 1. The van der Waals surface area contributed by atoms with Crippen LogP contribution in [-0.4, -0.2) is 9.97 Å². The normalized spacial score (nSPS) is 12.3. The van der Waals surface area contributed by atoms with Crippen LogP contribution in [0.3, 0.4) is 0 Å². The van der Waals surface area contributed by atoms with Crippen molar-refractivity contribution in [3.05, 3.63) is 143 Å². The van der Waals surface area contributed by atoms with E-state index < -0.39 is 11.8 Å². The first-order valence-corrected chi connectivity index (χ1v) is 17.0. The van der Waals surface area contributed by atoms with Gasteiger partial charge in [-0.3, -0.25) is 0 Å². The Balaban J connectivity index is 0.000000291. The predicted molar refractivity (Wildman–Crippen MR) is 202 cm³/mol. The predicted octanol–water partition coefficient (Wildman–Crippen LogP) is 12.4. The van der Waals surface area contributed by atoms with Gasteiger partial charge in [-0.1, -0.05) is 74.2 Å². The van der Waals surface area contributed by atoms with Crippen LogP contribution < -0.4 is 0 Å². The summed E-state index contributed by atoms with van der Waals surface area (Å²) in [6, 6.07) is 38.9. The fraction of sp³-hybridized carbons (Fsp3) is 0.182. The number of rotatable bonds is 4. The summed E-state index contributed by atoms with van der Waals surface area (Å²) in [5, 5.41) is 3.24. The van der Waals surface area contributed by atoms with Crippen LogP contribution in [0.25, 0.3) is 65.7 Å². The molecule has 0 saturated heterocycles. The van der Waals surface area contributed by atoms with E-state index >= 15 is 0 Å². The minimum atomic E-state index is -1.60. The largest absolute Gasteiger partial charge is 0.500 e. The van der Waals surface area contributed by atoms with Crippen molar-refractivity contribution in [3.8, 4) is 33.6 Å². The summed E-state index contributed by atoms with van der Waals surface area (Å²) in [5.74, 6) is 0. The van der Waals surface area contributed by atoms with Gasteiger partial charge >= 0.3 is 0 Å². The van der Waals surface area contributed by atoms with Crippen molar-refractivity contribution in [2.24, 2.45) is 5.41 Å². The molecule has 8 rings (SSSR count). The molecule has 4 heterocycles. The smallest absolute Gasteiger partial charge is 0.129 e. The monoisotopic (exact) mass is 837 g/mol. The van der Waals surface area contributed by atoms with Gasteiger partial charge in [0, 0.05) is 55.6 Å². The molecule has 0 fully saturated rings. The first-order valence-electron chi connectivity index (χ1n) is 17.2. The van der Waals surface area contributed by atoms with Gasteiger partial charge in [0.1, 0.15) is 5.58 Å². The summed E-state index contributed by atoms with van der Waals surface area (Å²) in [6.45, 7) is 12.1. The minimum absolute atomic E-state index is 0. The summed E-state index contributed by atoms with van der Waals surface area (Å²) in [5.41, 5.74) is 9.26. The molecule has 49 heavy (non-hydrogen) atoms. The van der Waals surface area contributed by atoms with Gasteiger partial charge in [-0.05, 0) is 90.0 Å². The third kappa shape index (κ3) is 7.16. The Morgan fingerprint density at radius 1 is 0.755 bits per heavy atom. The third-order valence-electron chi connectivity index (χ3n) is 8.29. The van der Waals surface area contributed by atoms with Gasteiger partial charge in [-0.25, -0.2) is 0 Å². The number of nitrogens with zero attached hydrogens (tertiary/aromatic N) is 2. The topological polar surface area (TPSA) is 38.9 Å². The Labute approximate surface area is 309 Å². The zero-order chi connectivity index (χ0) is 35.2. The number of aromatic nitrogens is 2. The number of hydrogen-bond acceptors (Lipinski definition) is 4. The second-order valence-electron chi connectivity index (χ2n) is 13.2. The summed E-state index contributed by atoms with van der Waals surface area (Å²) in [4.78, 5) is 10.3. The van der Waals surface area contributed by atoms with Crippen molar-refractivity contribution >= 4 is 43.4 Å². The van der Waals surface area contributed by atoms with E-state index in [-0.39, 0.29) is 20.1 Å².